The molecule has 0 N–H and O–H groups in total. The lowest BCUT2D eigenvalue weighted by Crippen LogP contribution is -2.34. The van der Waals surface area contributed by atoms with Gasteiger partial charge in [0.15, 0.2) is 0 Å². The monoisotopic (exact) mass is 282 g/mol. The normalized spacial score (nSPS) is 16.6. The molecule has 1 heterocycles. The molecular formula is C14H19ClN2O2. The van der Waals surface area contributed by atoms with E-state index >= 15 is 0 Å². The van der Waals surface area contributed by atoms with Crippen LogP contribution in [-0.2, 0) is 0 Å². The van der Waals surface area contributed by atoms with Crippen molar-refractivity contribution in [1.29, 1.82) is 0 Å². The fourth-order valence-electron chi connectivity index (χ4n) is 2.81. The molecule has 1 aromatic carbocycles. The number of benzene rings is 1. The zero-order valence-corrected chi connectivity index (χ0v) is 11.9. The topological polar surface area (TPSA) is 46.4 Å². The summed E-state index contributed by atoms with van der Waals surface area (Å²) in [7, 11) is 0. The van der Waals surface area contributed by atoms with Gasteiger partial charge >= 0.3 is 5.69 Å². The van der Waals surface area contributed by atoms with E-state index in [1.54, 1.807) is 18.2 Å². The molecule has 1 aromatic rings. The molecule has 1 fully saturated rings. The van der Waals surface area contributed by atoms with Gasteiger partial charge in [0, 0.05) is 13.1 Å². The molecule has 0 spiro atoms. The molecule has 19 heavy (non-hydrogen) atoms. The lowest BCUT2D eigenvalue weighted by atomic mass is 9.92. The molecule has 0 bridgehead atoms. The Morgan fingerprint density at radius 2 is 2.11 bits per heavy atom. The first-order valence-corrected chi connectivity index (χ1v) is 7.19. The number of hydrogen-bond acceptors (Lipinski definition) is 3. The Kier molecular flexibility index (Phi) is 4.64. The van der Waals surface area contributed by atoms with Crippen LogP contribution < -0.4 is 4.90 Å². The Bertz CT molecular complexity index is 457. The van der Waals surface area contributed by atoms with Gasteiger partial charge in [-0.25, -0.2) is 0 Å². The molecule has 5 heteroatoms. The fraction of sp³-hybridized carbons (Fsp3) is 0.571. The summed E-state index contributed by atoms with van der Waals surface area (Å²) >= 11 is 5.95. The van der Waals surface area contributed by atoms with Crippen molar-refractivity contribution in [3.63, 3.8) is 0 Å². The first kappa shape index (κ1) is 14.1. The summed E-state index contributed by atoms with van der Waals surface area (Å²) in [6.07, 6.45) is 4.68. The van der Waals surface area contributed by atoms with Gasteiger partial charge < -0.3 is 4.90 Å². The quantitative estimate of drug-likeness (QED) is 0.612. The molecule has 0 unspecified atom stereocenters. The van der Waals surface area contributed by atoms with Crippen molar-refractivity contribution in [3.05, 3.63) is 33.3 Å². The molecule has 0 aromatic heterocycles. The number of halogens is 1. The number of anilines is 1. The Balaban J connectivity index is 2.15. The van der Waals surface area contributed by atoms with Crippen LogP contribution in [0.15, 0.2) is 18.2 Å². The summed E-state index contributed by atoms with van der Waals surface area (Å²) in [6.45, 7) is 3.96. The van der Waals surface area contributed by atoms with Gasteiger partial charge in [0.1, 0.15) is 10.7 Å². The molecule has 0 saturated carbocycles. The average molecular weight is 283 g/mol. The maximum Gasteiger partial charge on any atom is 0.310 e. The minimum absolute atomic E-state index is 0.0399. The van der Waals surface area contributed by atoms with Gasteiger partial charge in [-0.3, -0.25) is 10.1 Å². The van der Waals surface area contributed by atoms with Crippen LogP contribution in [0.1, 0.15) is 32.6 Å². The van der Waals surface area contributed by atoms with Crippen molar-refractivity contribution in [1.82, 2.24) is 0 Å². The van der Waals surface area contributed by atoms with Crippen molar-refractivity contribution in [2.75, 3.05) is 18.0 Å². The van der Waals surface area contributed by atoms with Crippen LogP contribution in [-0.4, -0.2) is 18.0 Å². The average Bonchev–Trinajstić information content (AvgIpc) is 2.39. The number of hydrogen-bond donors (Lipinski definition) is 0. The van der Waals surface area contributed by atoms with Crippen molar-refractivity contribution >= 4 is 23.0 Å². The summed E-state index contributed by atoms with van der Waals surface area (Å²) in [4.78, 5) is 12.9. The molecular weight excluding hydrogens is 264 g/mol. The SMILES string of the molecule is CCCC1CCN(c2cccc(Cl)c2[N+](=O)[O-])CC1. The highest BCUT2D eigenvalue weighted by Crippen LogP contribution is 2.37. The molecule has 1 aliphatic heterocycles. The second-order valence-electron chi connectivity index (χ2n) is 5.08. The summed E-state index contributed by atoms with van der Waals surface area (Å²) < 4.78 is 0. The van der Waals surface area contributed by atoms with Crippen LogP contribution in [0.5, 0.6) is 0 Å². The Labute approximate surface area is 118 Å². The molecule has 0 amide bonds. The zero-order valence-electron chi connectivity index (χ0n) is 11.1. The number of para-hydroxylation sites is 1. The van der Waals surface area contributed by atoms with E-state index in [2.05, 4.69) is 11.8 Å². The highest BCUT2D eigenvalue weighted by atomic mass is 35.5. The third-order valence-corrected chi connectivity index (χ3v) is 4.11. The maximum atomic E-state index is 11.1. The first-order valence-electron chi connectivity index (χ1n) is 6.81. The predicted octanol–water partition coefficient (Wildman–Crippen LogP) is 4.26. The van der Waals surface area contributed by atoms with Crippen molar-refractivity contribution in [2.24, 2.45) is 5.92 Å². The number of nitrogens with zero attached hydrogens (tertiary/aromatic N) is 2. The van der Waals surface area contributed by atoms with E-state index in [1.165, 1.54) is 12.8 Å². The maximum absolute atomic E-state index is 11.1. The van der Waals surface area contributed by atoms with Crippen LogP contribution >= 0.6 is 11.6 Å². The fourth-order valence-corrected chi connectivity index (χ4v) is 3.05. The summed E-state index contributed by atoms with van der Waals surface area (Å²) in [5, 5.41) is 11.4. The van der Waals surface area contributed by atoms with Gasteiger partial charge in [0.05, 0.1) is 4.92 Å². The minimum atomic E-state index is -0.379. The second-order valence-corrected chi connectivity index (χ2v) is 5.49. The Morgan fingerprint density at radius 3 is 2.68 bits per heavy atom. The molecule has 0 radical (unpaired) electrons. The zero-order chi connectivity index (χ0) is 13.8. The number of nitro benzene ring substituents is 1. The van der Waals surface area contributed by atoms with Crippen LogP contribution in [0.4, 0.5) is 11.4 Å². The van der Waals surface area contributed by atoms with Gasteiger partial charge in [-0.15, -0.1) is 0 Å². The van der Waals surface area contributed by atoms with E-state index in [4.69, 9.17) is 11.6 Å². The van der Waals surface area contributed by atoms with E-state index in [9.17, 15) is 10.1 Å². The molecule has 0 aliphatic carbocycles. The van der Waals surface area contributed by atoms with Crippen molar-refractivity contribution in [3.8, 4) is 0 Å². The molecule has 2 rings (SSSR count). The standard InChI is InChI=1S/C14H19ClN2O2/c1-2-4-11-7-9-16(10-8-11)13-6-3-5-12(15)14(13)17(18)19/h3,5-6,11H,2,4,7-10H2,1H3. The van der Waals surface area contributed by atoms with E-state index < -0.39 is 0 Å². The third-order valence-electron chi connectivity index (χ3n) is 3.80. The van der Waals surface area contributed by atoms with E-state index in [0.29, 0.717) is 5.69 Å². The lowest BCUT2D eigenvalue weighted by Gasteiger charge is -2.33. The van der Waals surface area contributed by atoms with Gasteiger partial charge in [-0.2, -0.15) is 0 Å². The summed E-state index contributed by atoms with van der Waals surface area (Å²) in [6, 6.07) is 5.15. The number of piperidine rings is 1. The Hall–Kier alpha value is -1.29. The third kappa shape index (κ3) is 3.18. The van der Waals surface area contributed by atoms with E-state index in [-0.39, 0.29) is 15.6 Å². The van der Waals surface area contributed by atoms with Gasteiger partial charge in [0.2, 0.25) is 0 Å². The van der Waals surface area contributed by atoms with Crippen molar-refractivity contribution < 1.29 is 4.92 Å². The molecule has 4 nitrogen and oxygen atoms in total. The van der Waals surface area contributed by atoms with Crippen LogP contribution in [0.2, 0.25) is 5.02 Å². The summed E-state index contributed by atoms with van der Waals surface area (Å²) in [5.41, 5.74) is 0.700. The smallest absolute Gasteiger partial charge is 0.310 e. The van der Waals surface area contributed by atoms with Gasteiger partial charge in [-0.05, 0) is 30.9 Å². The molecule has 104 valence electrons. The van der Waals surface area contributed by atoms with E-state index in [0.717, 1.165) is 31.8 Å². The molecule has 0 atom stereocenters. The number of rotatable bonds is 4. The van der Waals surface area contributed by atoms with Crippen molar-refractivity contribution in [2.45, 2.75) is 32.6 Å². The largest absolute Gasteiger partial charge is 0.366 e. The number of nitro groups is 1. The lowest BCUT2D eigenvalue weighted by molar-refractivity contribution is -0.384. The Morgan fingerprint density at radius 1 is 1.42 bits per heavy atom. The first-order chi connectivity index (χ1) is 9.13. The van der Waals surface area contributed by atoms with Gasteiger partial charge in [0.25, 0.3) is 0 Å². The highest BCUT2D eigenvalue weighted by molar-refractivity contribution is 6.33. The predicted molar refractivity (Wildman–Crippen MR) is 78.0 cm³/mol. The highest BCUT2D eigenvalue weighted by Gasteiger charge is 2.26. The van der Waals surface area contributed by atoms with Gasteiger partial charge in [-0.1, -0.05) is 37.4 Å². The van der Waals surface area contributed by atoms with Crippen LogP contribution in [0.3, 0.4) is 0 Å². The molecule has 1 aliphatic rings. The summed E-state index contributed by atoms with van der Waals surface area (Å²) in [5.74, 6) is 0.763. The molecule has 1 saturated heterocycles. The minimum Gasteiger partial charge on any atom is -0.366 e. The van der Waals surface area contributed by atoms with Crippen LogP contribution in [0.25, 0.3) is 0 Å². The van der Waals surface area contributed by atoms with Crippen LogP contribution in [0, 0.1) is 16.0 Å². The van der Waals surface area contributed by atoms with E-state index in [1.807, 2.05) is 0 Å². The second kappa shape index (κ2) is 6.24.